The van der Waals surface area contributed by atoms with Gasteiger partial charge < -0.3 is 9.84 Å². The minimum Gasteiger partial charge on any atom is -0.493 e. The van der Waals surface area contributed by atoms with Crippen LogP contribution < -0.4 is 5.56 Å². The Morgan fingerprint density at radius 2 is 1.74 bits per heavy atom. The summed E-state index contributed by atoms with van der Waals surface area (Å²) in [5, 5.41) is 11.3. The summed E-state index contributed by atoms with van der Waals surface area (Å²) in [5.41, 5.74) is 1.19. The smallest absolute Gasteiger partial charge is 0.296 e. The lowest BCUT2D eigenvalue weighted by Gasteiger charge is -2.25. The van der Waals surface area contributed by atoms with Gasteiger partial charge in [-0.25, -0.2) is 13.4 Å². The summed E-state index contributed by atoms with van der Waals surface area (Å²) < 4.78 is 48.1. The van der Waals surface area contributed by atoms with Gasteiger partial charge in [0.15, 0.2) is 4.90 Å². The van der Waals surface area contributed by atoms with Crippen LogP contribution in [0.15, 0.2) is 81.4 Å². The summed E-state index contributed by atoms with van der Waals surface area (Å²) in [5.74, 6) is -1.20. The molecule has 0 aliphatic heterocycles. The third kappa shape index (κ3) is 5.09. The van der Waals surface area contributed by atoms with E-state index in [1.54, 1.807) is 19.9 Å². The molecule has 0 saturated carbocycles. The number of halogens is 1. The predicted octanol–water partition coefficient (Wildman–Crippen LogP) is 4.83. The SMILES string of the molecule is CCOCc1nc(=O)c(S(=O)(=O)c2ccc(-c3ccnc(F)c3C)cc2)c(O)n1C(CC)c1ccccc1. The van der Waals surface area contributed by atoms with Crippen LogP contribution in [0.5, 0.6) is 5.88 Å². The summed E-state index contributed by atoms with van der Waals surface area (Å²) in [6.45, 7) is 5.50. The van der Waals surface area contributed by atoms with E-state index in [2.05, 4.69) is 9.97 Å². The first-order valence-electron chi connectivity index (χ1n) is 12.1. The average molecular weight is 538 g/mol. The van der Waals surface area contributed by atoms with Crippen LogP contribution in [0.1, 0.15) is 43.3 Å². The molecule has 4 rings (SSSR count). The van der Waals surface area contributed by atoms with Crippen molar-refractivity contribution in [1.29, 1.82) is 0 Å². The molecule has 4 aromatic rings. The Morgan fingerprint density at radius 1 is 1.05 bits per heavy atom. The van der Waals surface area contributed by atoms with E-state index in [-0.39, 0.29) is 17.3 Å². The normalized spacial score (nSPS) is 12.4. The van der Waals surface area contributed by atoms with Gasteiger partial charge >= 0.3 is 0 Å². The van der Waals surface area contributed by atoms with Crippen LogP contribution in [-0.4, -0.2) is 34.7 Å². The first kappa shape index (κ1) is 27.2. The molecule has 8 nitrogen and oxygen atoms in total. The Hall–Kier alpha value is -3.89. The quantitative estimate of drug-likeness (QED) is 0.305. The van der Waals surface area contributed by atoms with Gasteiger partial charge in [-0.3, -0.25) is 9.36 Å². The average Bonchev–Trinajstić information content (AvgIpc) is 2.91. The summed E-state index contributed by atoms with van der Waals surface area (Å²) in [6, 6.07) is 16.0. The maximum atomic E-state index is 13.9. The summed E-state index contributed by atoms with van der Waals surface area (Å²) in [6.07, 6.45) is 1.81. The van der Waals surface area contributed by atoms with E-state index >= 15 is 0 Å². The minimum atomic E-state index is -4.47. The number of ether oxygens (including phenoxy) is 1. The maximum Gasteiger partial charge on any atom is 0.296 e. The lowest BCUT2D eigenvalue weighted by Crippen LogP contribution is -2.28. The van der Waals surface area contributed by atoms with Gasteiger partial charge in [0.2, 0.25) is 21.7 Å². The molecule has 0 radical (unpaired) electrons. The highest BCUT2D eigenvalue weighted by Crippen LogP contribution is 2.34. The van der Waals surface area contributed by atoms with E-state index in [0.717, 1.165) is 5.56 Å². The molecule has 2 heterocycles. The van der Waals surface area contributed by atoms with Crippen molar-refractivity contribution in [2.24, 2.45) is 0 Å². The summed E-state index contributed by atoms with van der Waals surface area (Å²) in [4.78, 5) is 19.7. The van der Waals surface area contributed by atoms with Crippen LogP contribution in [0.3, 0.4) is 0 Å². The van der Waals surface area contributed by atoms with Gasteiger partial charge in [0.1, 0.15) is 12.4 Å². The van der Waals surface area contributed by atoms with Gasteiger partial charge in [-0.05, 0) is 55.2 Å². The van der Waals surface area contributed by atoms with Crippen LogP contribution in [0.4, 0.5) is 4.39 Å². The predicted molar refractivity (Wildman–Crippen MR) is 140 cm³/mol. The number of aromatic nitrogens is 3. The first-order chi connectivity index (χ1) is 18.2. The highest BCUT2D eigenvalue weighted by molar-refractivity contribution is 7.91. The Kier molecular flexibility index (Phi) is 8.03. The standard InChI is InChI=1S/C28H28FN3O5S/c1-4-23(20-9-7-6-8-10-20)32-24(17-37-5-2)31-27(33)25(28(32)34)38(35,36)21-13-11-19(12-14-21)22-15-16-30-26(29)18(22)3/h6-16,23,34H,4-5,17H2,1-3H3. The van der Waals surface area contributed by atoms with Crippen LogP contribution in [0, 0.1) is 12.9 Å². The number of aromatic hydroxyl groups is 1. The maximum absolute atomic E-state index is 13.9. The molecule has 38 heavy (non-hydrogen) atoms. The Bertz CT molecular complexity index is 1600. The summed E-state index contributed by atoms with van der Waals surface area (Å²) >= 11 is 0. The molecule has 0 spiro atoms. The van der Waals surface area contributed by atoms with Crippen molar-refractivity contribution in [3.05, 3.63) is 100 Å². The van der Waals surface area contributed by atoms with Crippen LogP contribution in [0.2, 0.25) is 0 Å². The van der Waals surface area contributed by atoms with E-state index in [1.165, 1.54) is 35.0 Å². The number of sulfone groups is 1. The van der Waals surface area contributed by atoms with Crippen LogP contribution in [-0.2, 0) is 21.2 Å². The molecule has 0 saturated heterocycles. The number of rotatable bonds is 9. The van der Waals surface area contributed by atoms with Gasteiger partial charge in [0, 0.05) is 18.4 Å². The Labute approximate surface area is 220 Å². The van der Waals surface area contributed by atoms with E-state index in [0.29, 0.717) is 29.7 Å². The van der Waals surface area contributed by atoms with E-state index in [9.17, 15) is 22.7 Å². The van der Waals surface area contributed by atoms with Crippen molar-refractivity contribution in [2.45, 2.75) is 49.6 Å². The molecular formula is C28H28FN3O5S. The zero-order chi connectivity index (χ0) is 27.4. The lowest BCUT2D eigenvalue weighted by molar-refractivity contribution is 0.121. The van der Waals surface area contributed by atoms with Gasteiger partial charge in [-0.2, -0.15) is 9.37 Å². The largest absolute Gasteiger partial charge is 0.493 e. The third-order valence-corrected chi connectivity index (χ3v) is 8.13. The minimum absolute atomic E-state index is 0.0838. The second kappa shape index (κ2) is 11.2. The molecule has 1 N–H and O–H groups in total. The number of hydrogen-bond donors (Lipinski definition) is 1. The monoisotopic (exact) mass is 537 g/mol. The molecule has 0 aliphatic rings. The number of hydrogen-bond acceptors (Lipinski definition) is 7. The molecular weight excluding hydrogens is 509 g/mol. The number of pyridine rings is 1. The van der Waals surface area contributed by atoms with Gasteiger partial charge in [-0.15, -0.1) is 0 Å². The molecule has 1 unspecified atom stereocenters. The topological polar surface area (TPSA) is 111 Å². The molecule has 1 atom stereocenters. The second-order valence-corrected chi connectivity index (χ2v) is 10.5. The van der Waals surface area contributed by atoms with Crippen molar-refractivity contribution >= 4 is 9.84 Å². The molecule has 2 aromatic heterocycles. The second-order valence-electron chi connectivity index (χ2n) is 8.63. The molecule has 0 amide bonds. The lowest BCUT2D eigenvalue weighted by atomic mass is 10.0. The Balaban J connectivity index is 1.86. The molecule has 198 valence electrons. The van der Waals surface area contributed by atoms with E-state index in [1.807, 2.05) is 37.3 Å². The Morgan fingerprint density at radius 3 is 2.37 bits per heavy atom. The zero-order valence-electron chi connectivity index (χ0n) is 21.3. The fraction of sp³-hybridized carbons (Fsp3) is 0.250. The van der Waals surface area contributed by atoms with Crippen LogP contribution >= 0.6 is 0 Å². The van der Waals surface area contributed by atoms with Crippen molar-refractivity contribution in [1.82, 2.24) is 14.5 Å². The van der Waals surface area contributed by atoms with E-state index < -0.39 is 38.2 Å². The van der Waals surface area contributed by atoms with Crippen LogP contribution in [0.25, 0.3) is 11.1 Å². The fourth-order valence-electron chi connectivity index (χ4n) is 4.40. The molecule has 0 aliphatic carbocycles. The number of nitrogens with zero attached hydrogens (tertiary/aromatic N) is 3. The van der Waals surface area contributed by atoms with Gasteiger partial charge in [-0.1, -0.05) is 49.4 Å². The highest BCUT2D eigenvalue weighted by atomic mass is 32.2. The summed E-state index contributed by atoms with van der Waals surface area (Å²) in [7, 11) is -4.47. The van der Waals surface area contributed by atoms with E-state index in [4.69, 9.17) is 4.74 Å². The zero-order valence-corrected chi connectivity index (χ0v) is 22.1. The fourth-order valence-corrected chi connectivity index (χ4v) is 5.75. The number of benzene rings is 2. The van der Waals surface area contributed by atoms with Crippen molar-refractivity contribution in [3.63, 3.8) is 0 Å². The van der Waals surface area contributed by atoms with Gasteiger partial charge in [0.25, 0.3) is 5.56 Å². The molecule has 0 bridgehead atoms. The highest BCUT2D eigenvalue weighted by Gasteiger charge is 2.32. The third-order valence-electron chi connectivity index (χ3n) is 6.34. The van der Waals surface area contributed by atoms with Crippen molar-refractivity contribution < 1.29 is 22.7 Å². The molecule has 10 heteroatoms. The molecule has 0 fully saturated rings. The van der Waals surface area contributed by atoms with Gasteiger partial charge in [0.05, 0.1) is 10.9 Å². The van der Waals surface area contributed by atoms with Crippen molar-refractivity contribution in [2.75, 3.05) is 6.61 Å². The first-order valence-corrected chi connectivity index (χ1v) is 13.6. The van der Waals surface area contributed by atoms with Crippen molar-refractivity contribution in [3.8, 4) is 17.0 Å². The molecule has 2 aromatic carbocycles.